The van der Waals surface area contributed by atoms with Gasteiger partial charge in [-0.1, -0.05) is 19.1 Å². The van der Waals surface area contributed by atoms with E-state index in [-0.39, 0.29) is 23.8 Å². The van der Waals surface area contributed by atoms with Gasteiger partial charge in [0, 0.05) is 30.9 Å². The Kier molecular flexibility index (Phi) is 5.49. The van der Waals surface area contributed by atoms with Crippen molar-refractivity contribution in [1.82, 2.24) is 15.0 Å². The average molecular weight is 368 g/mol. The van der Waals surface area contributed by atoms with Gasteiger partial charge in [-0.3, -0.25) is 14.6 Å². The number of nitrogens with zero attached hydrogens (tertiary/aromatic N) is 2. The third kappa shape index (κ3) is 3.81. The van der Waals surface area contributed by atoms with Crippen LogP contribution in [0.2, 0.25) is 0 Å². The molecule has 0 aliphatic carbocycles. The van der Waals surface area contributed by atoms with E-state index in [2.05, 4.69) is 15.7 Å². The molecule has 0 fully saturated rings. The van der Waals surface area contributed by atoms with Crippen molar-refractivity contribution < 1.29 is 9.18 Å². The number of pyridine rings is 2. The Morgan fingerprint density at radius 1 is 1.19 bits per heavy atom. The molecule has 0 unspecified atom stereocenters. The fourth-order valence-corrected chi connectivity index (χ4v) is 2.93. The Morgan fingerprint density at radius 3 is 2.63 bits per heavy atom. The van der Waals surface area contributed by atoms with E-state index in [1.165, 1.54) is 29.2 Å². The first-order valence-electron chi connectivity index (χ1n) is 8.78. The minimum Gasteiger partial charge on any atom is -0.348 e. The van der Waals surface area contributed by atoms with Gasteiger partial charge in [-0.05, 0) is 37.1 Å². The van der Waals surface area contributed by atoms with Crippen molar-refractivity contribution in [1.29, 1.82) is 0 Å². The Hall–Kier alpha value is -3.22. The van der Waals surface area contributed by atoms with Crippen LogP contribution in [-0.4, -0.2) is 22.1 Å². The summed E-state index contributed by atoms with van der Waals surface area (Å²) in [5.74, 6) is -0.645. The fourth-order valence-electron chi connectivity index (χ4n) is 2.93. The molecule has 140 valence electrons. The summed E-state index contributed by atoms with van der Waals surface area (Å²) < 4.78 is 14.4. The molecule has 2 N–H and O–H groups in total. The molecular weight excluding hydrogens is 347 g/mol. The maximum atomic E-state index is 13.0. The number of rotatable bonds is 6. The largest absolute Gasteiger partial charge is 0.348 e. The van der Waals surface area contributed by atoms with E-state index in [1.54, 1.807) is 25.1 Å². The number of amides is 1. The number of hydrogen-bond acceptors (Lipinski definition) is 4. The van der Waals surface area contributed by atoms with Crippen LogP contribution in [-0.2, 0) is 6.54 Å². The van der Waals surface area contributed by atoms with Gasteiger partial charge in [-0.15, -0.1) is 0 Å². The summed E-state index contributed by atoms with van der Waals surface area (Å²) >= 11 is 0. The third-order valence-corrected chi connectivity index (χ3v) is 4.33. The summed E-state index contributed by atoms with van der Waals surface area (Å²) in [7, 11) is 0. The number of nitrogens with one attached hydrogen (secondary N) is 2. The first-order valence-corrected chi connectivity index (χ1v) is 8.78. The van der Waals surface area contributed by atoms with Crippen LogP contribution in [0.5, 0.6) is 0 Å². The van der Waals surface area contributed by atoms with Gasteiger partial charge in [0.25, 0.3) is 11.5 Å². The zero-order valence-electron chi connectivity index (χ0n) is 15.3. The minimum absolute atomic E-state index is 0.214. The van der Waals surface area contributed by atoms with Crippen LogP contribution < -0.4 is 16.3 Å². The Bertz CT molecular complexity index is 1030. The quantitative estimate of drug-likeness (QED) is 0.701. The highest BCUT2D eigenvalue weighted by Crippen LogP contribution is 2.18. The van der Waals surface area contributed by atoms with Crippen molar-refractivity contribution in [3.8, 4) is 0 Å². The number of fused-ring (bicyclic) bond motifs is 1. The molecule has 1 aromatic carbocycles. The Morgan fingerprint density at radius 2 is 1.93 bits per heavy atom. The van der Waals surface area contributed by atoms with E-state index in [4.69, 9.17) is 0 Å². The van der Waals surface area contributed by atoms with E-state index in [1.807, 2.05) is 6.92 Å². The Labute approximate surface area is 156 Å². The summed E-state index contributed by atoms with van der Waals surface area (Å²) in [6.07, 6.45) is 3.90. The summed E-state index contributed by atoms with van der Waals surface area (Å²) in [4.78, 5) is 29.7. The molecular formula is C20H21FN4O2. The normalized spacial score (nSPS) is 10.8. The van der Waals surface area contributed by atoms with Gasteiger partial charge in [0.15, 0.2) is 0 Å². The zero-order chi connectivity index (χ0) is 19.4. The molecule has 6 nitrogen and oxygen atoms in total. The summed E-state index contributed by atoms with van der Waals surface area (Å²) in [6, 6.07) is 7.54. The maximum Gasteiger partial charge on any atom is 0.277 e. The van der Waals surface area contributed by atoms with Gasteiger partial charge < -0.3 is 10.7 Å². The second-order valence-corrected chi connectivity index (χ2v) is 6.24. The van der Waals surface area contributed by atoms with E-state index >= 15 is 0 Å². The predicted molar refractivity (Wildman–Crippen MR) is 103 cm³/mol. The highest BCUT2D eigenvalue weighted by Gasteiger charge is 2.19. The topological polar surface area (TPSA) is 76.0 Å². The molecule has 0 aliphatic heterocycles. The van der Waals surface area contributed by atoms with Gasteiger partial charge in [-0.2, -0.15) is 0 Å². The molecule has 0 radical (unpaired) electrons. The van der Waals surface area contributed by atoms with Crippen molar-refractivity contribution in [2.45, 2.75) is 26.8 Å². The molecule has 7 heteroatoms. The first-order chi connectivity index (χ1) is 13.0. The van der Waals surface area contributed by atoms with Crippen molar-refractivity contribution in [3.63, 3.8) is 0 Å². The van der Waals surface area contributed by atoms with E-state index in [0.29, 0.717) is 28.6 Å². The number of carbonyl (C=O) groups excluding carboxylic acids is 1. The number of hydrogen-bond donors (Lipinski definition) is 2. The molecule has 2 aromatic heterocycles. The van der Waals surface area contributed by atoms with E-state index in [0.717, 1.165) is 12.0 Å². The molecule has 2 heterocycles. The maximum absolute atomic E-state index is 13.0. The zero-order valence-corrected chi connectivity index (χ0v) is 15.3. The molecule has 0 saturated heterocycles. The molecule has 0 atom stereocenters. The lowest BCUT2D eigenvalue weighted by atomic mass is 10.1. The lowest BCUT2D eigenvalue weighted by Crippen LogP contribution is -2.35. The lowest BCUT2D eigenvalue weighted by molar-refractivity contribution is 0.0951. The molecule has 27 heavy (non-hydrogen) atoms. The molecule has 0 aliphatic rings. The number of halogens is 1. The predicted octanol–water partition coefficient (Wildman–Crippen LogP) is 2.73. The fraction of sp³-hybridized carbons (Fsp3) is 0.250. The van der Waals surface area contributed by atoms with Crippen LogP contribution >= 0.6 is 0 Å². The second-order valence-electron chi connectivity index (χ2n) is 6.24. The van der Waals surface area contributed by atoms with Crippen LogP contribution in [0.25, 0.3) is 10.8 Å². The van der Waals surface area contributed by atoms with Crippen LogP contribution in [0.15, 0.2) is 47.5 Å². The van der Waals surface area contributed by atoms with Gasteiger partial charge in [0.1, 0.15) is 5.82 Å². The molecule has 3 rings (SSSR count). The van der Waals surface area contributed by atoms with Gasteiger partial charge in [0.05, 0.1) is 16.6 Å². The average Bonchev–Trinajstić information content (AvgIpc) is 2.67. The minimum atomic E-state index is -0.327. The monoisotopic (exact) mass is 368 g/mol. The second kappa shape index (κ2) is 7.99. The summed E-state index contributed by atoms with van der Waals surface area (Å²) in [6.45, 7) is 4.58. The first kappa shape index (κ1) is 18.6. The lowest BCUT2D eigenvalue weighted by Gasteiger charge is -2.18. The van der Waals surface area contributed by atoms with E-state index < -0.39 is 0 Å². The van der Waals surface area contributed by atoms with Crippen molar-refractivity contribution in [3.05, 3.63) is 75.7 Å². The molecule has 0 bridgehead atoms. The van der Waals surface area contributed by atoms with Gasteiger partial charge >= 0.3 is 0 Å². The van der Waals surface area contributed by atoms with Crippen LogP contribution in [0, 0.1) is 12.7 Å². The SMILES string of the molecule is CCCNn1c(C)c(C(=O)NCc2ccc(F)cc2)c2cnccc2c1=O. The number of carbonyl (C=O) groups is 1. The molecule has 1 amide bonds. The molecule has 0 spiro atoms. The van der Waals surface area contributed by atoms with E-state index in [9.17, 15) is 14.0 Å². The van der Waals surface area contributed by atoms with Crippen molar-refractivity contribution >= 4 is 16.7 Å². The molecule has 3 aromatic rings. The van der Waals surface area contributed by atoms with Crippen LogP contribution in [0.4, 0.5) is 4.39 Å². The van der Waals surface area contributed by atoms with Gasteiger partial charge in [-0.25, -0.2) is 9.07 Å². The smallest absolute Gasteiger partial charge is 0.277 e. The summed E-state index contributed by atoms with van der Waals surface area (Å²) in [5, 5.41) is 3.77. The van der Waals surface area contributed by atoms with Crippen molar-refractivity contribution in [2.24, 2.45) is 0 Å². The Balaban J connectivity index is 1.99. The molecule has 0 saturated carbocycles. The number of benzene rings is 1. The van der Waals surface area contributed by atoms with Crippen LogP contribution in [0.3, 0.4) is 0 Å². The van der Waals surface area contributed by atoms with Crippen LogP contribution in [0.1, 0.15) is 35.0 Å². The highest BCUT2D eigenvalue weighted by molar-refractivity contribution is 6.07. The summed E-state index contributed by atoms with van der Waals surface area (Å²) in [5.41, 5.74) is 4.54. The third-order valence-electron chi connectivity index (χ3n) is 4.33. The highest BCUT2D eigenvalue weighted by atomic mass is 19.1. The van der Waals surface area contributed by atoms with Gasteiger partial charge in [0.2, 0.25) is 0 Å². The van der Waals surface area contributed by atoms with Crippen molar-refractivity contribution in [2.75, 3.05) is 12.0 Å². The standard InChI is InChI=1S/C20H21FN4O2/c1-3-9-24-25-13(2)18(17-12-22-10-8-16(17)20(25)27)19(26)23-11-14-4-6-15(21)7-5-14/h4-8,10,12,24H,3,9,11H2,1-2H3,(H,23,26). The number of aromatic nitrogens is 2.